The normalized spacial score (nSPS) is 24.7. The van der Waals surface area contributed by atoms with Crippen molar-refractivity contribution in [3.05, 3.63) is 23.9 Å². The van der Waals surface area contributed by atoms with Crippen LogP contribution in [0.1, 0.15) is 38.7 Å². The topological polar surface area (TPSA) is 42.1 Å². The Morgan fingerprint density at radius 3 is 2.47 bits per heavy atom. The first-order valence-electron chi connectivity index (χ1n) is 6.14. The Labute approximate surface area is 108 Å². The Kier molecular flexibility index (Phi) is 3.62. The van der Waals surface area contributed by atoms with Gasteiger partial charge < -0.3 is 10.6 Å². The number of piperidine rings is 1. The molecule has 17 heavy (non-hydrogen) atoms. The van der Waals surface area contributed by atoms with Crippen LogP contribution in [0.2, 0.25) is 0 Å². The monoisotopic (exact) mass is 249 g/mol. The zero-order valence-corrected chi connectivity index (χ0v) is 11.2. The number of hydrogen-bond donors (Lipinski definition) is 1. The number of nitrogens with zero attached hydrogens (tertiary/aromatic N) is 2. The molecule has 1 aromatic heterocycles. The summed E-state index contributed by atoms with van der Waals surface area (Å²) in [6, 6.07) is 5.09. The average molecular weight is 249 g/mol. The van der Waals surface area contributed by atoms with E-state index in [1.54, 1.807) is 6.20 Å². The number of anilines is 1. The molecule has 2 atom stereocenters. The summed E-state index contributed by atoms with van der Waals surface area (Å²) in [6.07, 6.45) is 5.56. The van der Waals surface area contributed by atoms with Crippen LogP contribution in [0.3, 0.4) is 0 Å². The fourth-order valence-corrected chi connectivity index (χ4v) is 2.68. The molecule has 1 saturated heterocycles. The van der Waals surface area contributed by atoms with Crippen LogP contribution in [-0.4, -0.2) is 22.1 Å². The van der Waals surface area contributed by atoms with Crippen molar-refractivity contribution in [1.29, 1.82) is 0 Å². The van der Waals surface area contributed by atoms with E-state index >= 15 is 0 Å². The van der Waals surface area contributed by atoms with Crippen molar-refractivity contribution < 1.29 is 0 Å². The minimum Gasteiger partial charge on any atom is -0.389 e. The van der Waals surface area contributed by atoms with E-state index in [0.717, 1.165) is 11.4 Å². The molecule has 3 nitrogen and oxygen atoms in total. The Balaban J connectivity index is 2.23. The maximum absolute atomic E-state index is 5.57. The van der Waals surface area contributed by atoms with E-state index in [2.05, 4.69) is 23.7 Å². The van der Waals surface area contributed by atoms with Crippen LogP contribution in [0.15, 0.2) is 18.3 Å². The maximum atomic E-state index is 5.57. The molecule has 0 radical (unpaired) electrons. The SMILES string of the molecule is CC1CCCC(C)N1c1ccc(C(N)=S)cn1. The van der Waals surface area contributed by atoms with E-state index in [4.69, 9.17) is 18.0 Å². The first kappa shape index (κ1) is 12.3. The Bertz CT molecular complexity index is 392. The summed E-state index contributed by atoms with van der Waals surface area (Å²) in [5.74, 6) is 1.03. The molecule has 2 rings (SSSR count). The molecule has 0 aromatic carbocycles. The third-order valence-corrected chi connectivity index (χ3v) is 3.73. The quantitative estimate of drug-likeness (QED) is 0.818. The zero-order chi connectivity index (χ0) is 12.4. The third kappa shape index (κ3) is 2.57. The van der Waals surface area contributed by atoms with Gasteiger partial charge >= 0.3 is 0 Å². The summed E-state index contributed by atoms with van der Waals surface area (Å²) >= 11 is 4.93. The summed E-state index contributed by atoms with van der Waals surface area (Å²) < 4.78 is 0. The van der Waals surface area contributed by atoms with E-state index in [1.807, 2.05) is 12.1 Å². The second-order valence-corrected chi connectivity index (χ2v) is 5.25. The van der Waals surface area contributed by atoms with Gasteiger partial charge in [-0.05, 0) is 45.2 Å². The smallest absolute Gasteiger partial charge is 0.128 e. The molecule has 0 spiro atoms. The zero-order valence-electron chi connectivity index (χ0n) is 10.4. The molecule has 1 fully saturated rings. The molecular weight excluding hydrogens is 230 g/mol. The van der Waals surface area contributed by atoms with Crippen molar-refractivity contribution >= 4 is 23.0 Å². The Morgan fingerprint density at radius 2 is 2.00 bits per heavy atom. The van der Waals surface area contributed by atoms with Gasteiger partial charge in [-0.25, -0.2) is 4.98 Å². The highest BCUT2D eigenvalue weighted by Gasteiger charge is 2.25. The predicted octanol–water partition coefficient (Wildman–Crippen LogP) is 2.48. The van der Waals surface area contributed by atoms with Crippen molar-refractivity contribution in [2.75, 3.05) is 4.90 Å². The summed E-state index contributed by atoms with van der Waals surface area (Å²) in [7, 11) is 0. The lowest BCUT2D eigenvalue weighted by Crippen LogP contribution is -2.44. The minimum atomic E-state index is 0.406. The first-order chi connectivity index (χ1) is 8.09. The summed E-state index contributed by atoms with van der Waals surface area (Å²) in [5, 5.41) is 0. The number of rotatable bonds is 2. The molecular formula is C13H19N3S. The maximum Gasteiger partial charge on any atom is 0.128 e. The van der Waals surface area contributed by atoms with Crippen molar-refractivity contribution in [1.82, 2.24) is 4.98 Å². The van der Waals surface area contributed by atoms with Crippen LogP contribution in [0.5, 0.6) is 0 Å². The van der Waals surface area contributed by atoms with Crippen LogP contribution in [0.25, 0.3) is 0 Å². The highest BCUT2D eigenvalue weighted by Crippen LogP contribution is 2.27. The van der Waals surface area contributed by atoms with Crippen LogP contribution in [0, 0.1) is 0 Å². The molecule has 2 heterocycles. The molecule has 4 heteroatoms. The molecule has 0 saturated carbocycles. The second kappa shape index (κ2) is 5.00. The van der Waals surface area contributed by atoms with Crippen molar-refractivity contribution in [3.63, 3.8) is 0 Å². The van der Waals surface area contributed by atoms with E-state index in [0.29, 0.717) is 17.1 Å². The predicted molar refractivity (Wildman–Crippen MR) is 75.4 cm³/mol. The van der Waals surface area contributed by atoms with E-state index in [-0.39, 0.29) is 0 Å². The van der Waals surface area contributed by atoms with Gasteiger partial charge in [0.1, 0.15) is 10.8 Å². The lowest BCUT2D eigenvalue weighted by molar-refractivity contribution is 0.411. The van der Waals surface area contributed by atoms with Crippen molar-refractivity contribution in [3.8, 4) is 0 Å². The highest BCUT2D eigenvalue weighted by molar-refractivity contribution is 7.80. The summed E-state index contributed by atoms with van der Waals surface area (Å²) in [4.78, 5) is 7.28. The molecule has 0 amide bonds. The van der Waals surface area contributed by atoms with Gasteiger partial charge in [0.05, 0.1) is 0 Å². The lowest BCUT2D eigenvalue weighted by atomic mass is 9.97. The van der Waals surface area contributed by atoms with E-state index in [1.165, 1.54) is 19.3 Å². The number of aromatic nitrogens is 1. The molecule has 1 aliphatic rings. The first-order valence-corrected chi connectivity index (χ1v) is 6.54. The Hall–Kier alpha value is -1.16. The second-order valence-electron chi connectivity index (χ2n) is 4.81. The summed E-state index contributed by atoms with van der Waals surface area (Å²) in [6.45, 7) is 4.53. The molecule has 92 valence electrons. The van der Waals surface area contributed by atoms with Gasteiger partial charge in [-0.15, -0.1) is 0 Å². The van der Waals surface area contributed by atoms with Gasteiger partial charge in [-0.1, -0.05) is 12.2 Å². The number of nitrogens with two attached hydrogens (primary N) is 1. The average Bonchev–Trinajstić information content (AvgIpc) is 2.29. The molecule has 2 N–H and O–H groups in total. The van der Waals surface area contributed by atoms with Gasteiger partial charge in [-0.3, -0.25) is 0 Å². The largest absolute Gasteiger partial charge is 0.389 e. The van der Waals surface area contributed by atoms with Crippen LogP contribution in [-0.2, 0) is 0 Å². The lowest BCUT2D eigenvalue weighted by Gasteiger charge is -2.40. The highest BCUT2D eigenvalue weighted by atomic mass is 32.1. The van der Waals surface area contributed by atoms with Gasteiger partial charge in [0, 0.05) is 23.8 Å². The van der Waals surface area contributed by atoms with Crippen molar-refractivity contribution in [2.45, 2.75) is 45.2 Å². The Morgan fingerprint density at radius 1 is 1.35 bits per heavy atom. The van der Waals surface area contributed by atoms with Crippen LogP contribution < -0.4 is 10.6 Å². The fraction of sp³-hybridized carbons (Fsp3) is 0.538. The van der Waals surface area contributed by atoms with Gasteiger partial charge in [-0.2, -0.15) is 0 Å². The standard InChI is InChI=1S/C13H19N3S/c1-9-4-3-5-10(2)16(9)12-7-6-11(8-15-12)13(14)17/h6-10H,3-5H2,1-2H3,(H2,14,17). The number of hydrogen-bond acceptors (Lipinski definition) is 3. The van der Waals surface area contributed by atoms with E-state index in [9.17, 15) is 0 Å². The van der Waals surface area contributed by atoms with Crippen molar-refractivity contribution in [2.24, 2.45) is 5.73 Å². The number of pyridine rings is 1. The molecule has 0 bridgehead atoms. The molecule has 1 aromatic rings. The molecule has 1 aliphatic heterocycles. The molecule has 0 aliphatic carbocycles. The minimum absolute atomic E-state index is 0.406. The summed E-state index contributed by atoms with van der Waals surface area (Å²) in [5.41, 5.74) is 6.41. The third-order valence-electron chi connectivity index (χ3n) is 3.49. The van der Waals surface area contributed by atoms with Gasteiger partial charge in [0.15, 0.2) is 0 Å². The van der Waals surface area contributed by atoms with Gasteiger partial charge in [0.25, 0.3) is 0 Å². The molecule has 2 unspecified atom stereocenters. The van der Waals surface area contributed by atoms with Crippen LogP contribution >= 0.6 is 12.2 Å². The number of thiocarbonyl (C=S) groups is 1. The van der Waals surface area contributed by atoms with Crippen LogP contribution in [0.4, 0.5) is 5.82 Å². The van der Waals surface area contributed by atoms with E-state index < -0.39 is 0 Å². The van der Waals surface area contributed by atoms with Gasteiger partial charge in [0.2, 0.25) is 0 Å². The fourth-order valence-electron chi connectivity index (χ4n) is 2.56.